The van der Waals surface area contributed by atoms with Crippen LogP contribution in [0.25, 0.3) is 0 Å². The van der Waals surface area contributed by atoms with Gasteiger partial charge in [-0.25, -0.2) is 0 Å². The van der Waals surface area contributed by atoms with Gasteiger partial charge in [0, 0.05) is 6.42 Å². The summed E-state index contributed by atoms with van der Waals surface area (Å²) in [6.45, 7) is 2.75. The van der Waals surface area contributed by atoms with Crippen molar-refractivity contribution in [2.45, 2.75) is 31.6 Å². The highest BCUT2D eigenvalue weighted by Crippen LogP contribution is 2.19. The van der Waals surface area contributed by atoms with E-state index in [1.54, 1.807) is 7.11 Å². The number of aliphatic hydroxyl groups excluding tert-OH is 2. The normalized spacial score (nSPS) is 14.3. The lowest BCUT2D eigenvalue weighted by Gasteiger charge is -2.19. The number of quaternary nitrogens is 1. The van der Waals surface area contributed by atoms with Gasteiger partial charge in [-0.3, -0.25) is 0 Å². The molecule has 132 valence electrons. The van der Waals surface area contributed by atoms with Crippen LogP contribution in [0.5, 0.6) is 5.75 Å². The Hall–Kier alpha value is -1.59. The zero-order chi connectivity index (χ0) is 16.7. The van der Waals surface area contributed by atoms with Crippen LogP contribution in [0.1, 0.15) is 36.7 Å². The summed E-state index contributed by atoms with van der Waals surface area (Å²) >= 11 is 0. The average molecular weight is 352 g/mol. The van der Waals surface area contributed by atoms with Gasteiger partial charge in [-0.2, -0.15) is 0 Å². The number of aliphatic hydroxyl groups is 2. The maximum Gasteiger partial charge on any atom is 0.130 e. The fourth-order valence-electron chi connectivity index (χ4n) is 2.59. The summed E-state index contributed by atoms with van der Waals surface area (Å²) in [5.74, 6) is 0.784. The van der Waals surface area contributed by atoms with Crippen LogP contribution in [0, 0.1) is 0 Å². The van der Waals surface area contributed by atoms with Crippen LogP contribution in [-0.4, -0.2) is 29.9 Å². The summed E-state index contributed by atoms with van der Waals surface area (Å²) in [4.78, 5) is 0. The van der Waals surface area contributed by atoms with Crippen molar-refractivity contribution in [3.8, 4) is 5.75 Å². The van der Waals surface area contributed by atoms with Crippen LogP contribution in [0.3, 0.4) is 0 Å². The third-order valence-electron chi connectivity index (χ3n) is 4.12. The number of benzene rings is 2. The highest BCUT2D eigenvalue weighted by molar-refractivity contribution is 5.28. The van der Waals surface area contributed by atoms with Gasteiger partial charge < -0.3 is 32.7 Å². The van der Waals surface area contributed by atoms with Crippen molar-refractivity contribution >= 4 is 0 Å². The van der Waals surface area contributed by atoms with Crippen molar-refractivity contribution in [3.63, 3.8) is 0 Å². The number of nitrogens with two attached hydrogens (primary N) is 1. The predicted molar refractivity (Wildman–Crippen MR) is 90.2 cm³/mol. The van der Waals surface area contributed by atoms with E-state index in [0.29, 0.717) is 6.42 Å². The van der Waals surface area contributed by atoms with Crippen molar-refractivity contribution < 1.29 is 32.7 Å². The minimum Gasteiger partial charge on any atom is -1.00 e. The molecule has 4 N–H and O–H groups in total. The molecule has 3 unspecified atom stereocenters. The minimum atomic E-state index is -0.505. The Bertz CT molecular complexity index is 577. The summed E-state index contributed by atoms with van der Waals surface area (Å²) in [6, 6.07) is 17.2. The second kappa shape index (κ2) is 10.3. The van der Waals surface area contributed by atoms with Crippen LogP contribution in [0.15, 0.2) is 54.6 Å². The van der Waals surface area contributed by atoms with E-state index < -0.39 is 12.2 Å². The fourth-order valence-corrected chi connectivity index (χ4v) is 2.59. The van der Waals surface area contributed by atoms with E-state index in [1.165, 1.54) is 0 Å². The second-order valence-electron chi connectivity index (χ2n) is 5.82. The molecule has 2 aromatic rings. The fraction of sp³-hybridized carbons (Fsp3) is 0.368. The molecule has 2 rings (SSSR count). The second-order valence-corrected chi connectivity index (χ2v) is 5.82. The number of halogens is 1. The first-order valence-electron chi connectivity index (χ1n) is 8.00. The molecule has 0 amide bonds. The minimum absolute atomic E-state index is 0. The van der Waals surface area contributed by atoms with Crippen molar-refractivity contribution in [1.82, 2.24) is 0 Å². The predicted octanol–water partition coefficient (Wildman–Crippen LogP) is -1.19. The van der Waals surface area contributed by atoms with Gasteiger partial charge >= 0.3 is 0 Å². The molecule has 5 heteroatoms. The lowest BCUT2D eigenvalue weighted by molar-refractivity contribution is -0.695. The van der Waals surface area contributed by atoms with E-state index in [4.69, 9.17) is 4.74 Å². The van der Waals surface area contributed by atoms with E-state index in [-0.39, 0.29) is 18.4 Å². The zero-order valence-corrected chi connectivity index (χ0v) is 14.9. The first-order valence-corrected chi connectivity index (χ1v) is 8.00. The molecule has 0 radical (unpaired) electrons. The molecule has 0 aliphatic heterocycles. The van der Waals surface area contributed by atoms with Gasteiger partial charge in [0.15, 0.2) is 0 Å². The number of rotatable bonds is 8. The van der Waals surface area contributed by atoms with Crippen LogP contribution in [0.2, 0.25) is 0 Å². The number of hydrogen-bond donors (Lipinski definition) is 3. The molecule has 24 heavy (non-hydrogen) atoms. The molecular formula is C19H26ClNO3. The van der Waals surface area contributed by atoms with Crippen LogP contribution < -0.4 is 22.5 Å². The Balaban J connectivity index is 0.00000288. The van der Waals surface area contributed by atoms with Crippen molar-refractivity contribution in [3.05, 3.63) is 65.7 Å². The van der Waals surface area contributed by atoms with E-state index in [0.717, 1.165) is 23.4 Å². The van der Waals surface area contributed by atoms with Gasteiger partial charge in [0.05, 0.1) is 19.8 Å². The number of methoxy groups -OCH3 is 1. The molecule has 0 aliphatic carbocycles. The smallest absolute Gasteiger partial charge is 0.130 e. The summed E-state index contributed by atoms with van der Waals surface area (Å²) in [7, 11) is 1.62. The maximum absolute atomic E-state index is 10.3. The van der Waals surface area contributed by atoms with Crippen LogP contribution >= 0.6 is 0 Å². The Labute approximate surface area is 149 Å². The van der Waals surface area contributed by atoms with Crippen molar-refractivity contribution in [2.75, 3.05) is 13.7 Å². The molecule has 0 bridgehead atoms. The summed E-state index contributed by atoms with van der Waals surface area (Å²) < 4.78 is 5.11. The Morgan fingerprint density at radius 1 is 0.958 bits per heavy atom. The van der Waals surface area contributed by atoms with Gasteiger partial charge in [-0.15, -0.1) is 0 Å². The Morgan fingerprint density at radius 2 is 1.58 bits per heavy atom. The standard InChI is InChI=1S/C19H25NO3.ClH/c1-14(19(22)16-6-4-3-5-7-16)20-13-12-18(21)15-8-10-17(23-2)11-9-15;/h3-11,14,18-22H,12-13H2,1-2H3;1H. The molecule has 3 atom stereocenters. The summed E-state index contributed by atoms with van der Waals surface area (Å²) in [5, 5.41) is 22.6. The third-order valence-corrected chi connectivity index (χ3v) is 4.12. The van der Waals surface area contributed by atoms with Gasteiger partial charge in [-0.1, -0.05) is 42.5 Å². The molecule has 0 aliphatic rings. The molecule has 0 aromatic heterocycles. The van der Waals surface area contributed by atoms with E-state index in [2.05, 4.69) is 5.32 Å². The lowest BCUT2D eigenvalue weighted by atomic mass is 10.0. The van der Waals surface area contributed by atoms with Crippen LogP contribution in [-0.2, 0) is 0 Å². The van der Waals surface area contributed by atoms with Crippen LogP contribution in [0.4, 0.5) is 0 Å². The van der Waals surface area contributed by atoms with Gasteiger partial charge in [-0.05, 0) is 30.2 Å². The Kier molecular flexibility index (Phi) is 8.79. The Morgan fingerprint density at radius 3 is 2.17 bits per heavy atom. The largest absolute Gasteiger partial charge is 1.00 e. The monoisotopic (exact) mass is 351 g/mol. The molecule has 0 heterocycles. The van der Waals surface area contributed by atoms with E-state index in [9.17, 15) is 10.2 Å². The lowest BCUT2D eigenvalue weighted by Crippen LogP contribution is -3.00. The maximum atomic E-state index is 10.3. The first kappa shape index (κ1) is 20.5. The molecule has 4 nitrogen and oxygen atoms in total. The molecule has 0 spiro atoms. The summed E-state index contributed by atoms with van der Waals surface area (Å²) in [6.07, 6.45) is -0.370. The average Bonchev–Trinajstić information content (AvgIpc) is 2.61. The van der Waals surface area contributed by atoms with E-state index >= 15 is 0 Å². The molecule has 0 fully saturated rings. The molecule has 0 saturated carbocycles. The van der Waals surface area contributed by atoms with Crippen molar-refractivity contribution in [1.29, 1.82) is 0 Å². The SMILES string of the molecule is COc1ccc(C(O)CC[NH2+]C(C)C(O)c2ccccc2)cc1.[Cl-]. The van der Waals surface area contributed by atoms with Gasteiger partial charge in [0.25, 0.3) is 0 Å². The van der Waals surface area contributed by atoms with Gasteiger partial charge in [0.2, 0.25) is 0 Å². The first-order chi connectivity index (χ1) is 11.1. The highest BCUT2D eigenvalue weighted by atomic mass is 35.5. The number of ether oxygens (including phenoxy) is 1. The molecular weight excluding hydrogens is 326 g/mol. The zero-order valence-electron chi connectivity index (χ0n) is 14.1. The molecule has 0 saturated heterocycles. The van der Waals surface area contributed by atoms with Crippen molar-refractivity contribution in [2.24, 2.45) is 0 Å². The third kappa shape index (κ3) is 5.80. The molecule has 2 aromatic carbocycles. The highest BCUT2D eigenvalue weighted by Gasteiger charge is 2.19. The summed E-state index contributed by atoms with van der Waals surface area (Å²) in [5.41, 5.74) is 1.81. The topological polar surface area (TPSA) is 66.3 Å². The van der Waals surface area contributed by atoms with E-state index in [1.807, 2.05) is 61.5 Å². The van der Waals surface area contributed by atoms with Gasteiger partial charge in [0.1, 0.15) is 17.9 Å². The quantitative estimate of drug-likeness (QED) is 0.560. The number of hydrogen-bond acceptors (Lipinski definition) is 3.